The van der Waals surface area contributed by atoms with Crippen molar-refractivity contribution >= 4 is 11.9 Å². The Bertz CT molecular complexity index is 501. The van der Waals surface area contributed by atoms with E-state index in [4.69, 9.17) is 10.2 Å². The summed E-state index contributed by atoms with van der Waals surface area (Å²) in [7, 11) is 0. The number of carbonyl (C=O) groups is 2. The predicted molar refractivity (Wildman–Crippen MR) is 68.0 cm³/mol. The van der Waals surface area contributed by atoms with Gasteiger partial charge in [0.1, 0.15) is 0 Å². The molecule has 1 aromatic carbocycles. The Morgan fingerprint density at radius 3 is 2.17 bits per heavy atom. The normalized spacial score (nSPS) is 11.3. The van der Waals surface area contributed by atoms with Gasteiger partial charge in [0.2, 0.25) is 0 Å². The fourth-order valence-electron chi connectivity index (χ4n) is 1.79. The van der Waals surface area contributed by atoms with Gasteiger partial charge >= 0.3 is 11.9 Å². The van der Waals surface area contributed by atoms with Crippen LogP contribution in [0.4, 0.5) is 0 Å². The maximum atomic E-state index is 11.1. The average Bonchev–Trinajstić information content (AvgIpc) is 2.23. The summed E-state index contributed by atoms with van der Waals surface area (Å²) >= 11 is 0. The van der Waals surface area contributed by atoms with E-state index in [1.165, 1.54) is 0 Å². The number of hydrogen-bond donors (Lipinski definition) is 2. The zero-order chi connectivity index (χ0) is 14.1. The molecule has 0 aromatic heterocycles. The maximum Gasteiger partial charge on any atom is 0.335 e. The lowest BCUT2D eigenvalue weighted by Gasteiger charge is -2.21. The Labute approximate surface area is 106 Å². The van der Waals surface area contributed by atoms with Gasteiger partial charge in [-0.3, -0.25) is 4.79 Å². The lowest BCUT2D eigenvalue weighted by molar-refractivity contribution is -0.146. The minimum absolute atomic E-state index is 0.203. The van der Waals surface area contributed by atoms with Gasteiger partial charge in [0.15, 0.2) is 0 Å². The molecule has 0 saturated heterocycles. The zero-order valence-corrected chi connectivity index (χ0v) is 11.1. The van der Waals surface area contributed by atoms with E-state index in [0.717, 1.165) is 16.7 Å². The molecule has 18 heavy (non-hydrogen) atoms. The lowest BCUT2D eigenvalue weighted by Crippen LogP contribution is -2.26. The molecule has 0 saturated carbocycles. The highest BCUT2D eigenvalue weighted by Crippen LogP contribution is 2.26. The van der Waals surface area contributed by atoms with Crippen molar-refractivity contribution in [3.8, 4) is 0 Å². The van der Waals surface area contributed by atoms with Crippen molar-refractivity contribution < 1.29 is 19.8 Å². The van der Waals surface area contributed by atoms with Gasteiger partial charge in [-0.25, -0.2) is 4.79 Å². The average molecular weight is 250 g/mol. The molecule has 1 rings (SSSR count). The summed E-state index contributed by atoms with van der Waals surface area (Å²) in [4.78, 5) is 22.1. The summed E-state index contributed by atoms with van der Waals surface area (Å²) in [6.45, 7) is 6.99. The van der Waals surface area contributed by atoms with E-state index in [0.29, 0.717) is 6.42 Å². The molecule has 0 aliphatic rings. The molecule has 0 fully saturated rings. The molecule has 4 nitrogen and oxygen atoms in total. The van der Waals surface area contributed by atoms with Gasteiger partial charge in [-0.1, -0.05) is 0 Å². The summed E-state index contributed by atoms with van der Waals surface area (Å²) < 4.78 is 0. The number of aromatic carboxylic acids is 1. The second-order valence-corrected chi connectivity index (χ2v) is 5.25. The van der Waals surface area contributed by atoms with E-state index < -0.39 is 17.4 Å². The number of hydrogen-bond acceptors (Lipinski definition) is 2. The number of benzene rings is 1. The molecular weight excluding hydrogens is 232 g/mol. The van der Waals surface area contributed by atoms with E-state index in [-0.39, 0.29) is 5.56 Å². The first-order valence-electron chi connectivity index (χ1n) is 5.72. The van der Waals surface area contributed by atoms with Crippen LogP contribution in [0.5, 0.6) is 0 Å². The van der Waals surface area contributed by atoms with Crippen molar-refractivity contribution in [2.24, 2.45) is 5.41 Å². The Balaban J connectivity index is 3.24. The van der Waals surface area contributed by atoms with Crippen LogP contribution < -0.4 is 0 Å². The van der Waals surface area contributed by atoms with Crippen molar-refractivity contribution in [2.45, 2.75) is 34.1 Å². The molecule has 0 spiro atoms. The molecule has 2 N–H and O–H groups in total. The highest BCUT2D eigenvalue weighted by Gasteiger charge is 2.28. The summed E-state index contributed by atoms with van der Waals surface area (Å²) in [5.41, 5.74) is 1.89. The first kappa shape index (κ1) is 14.2. The standard InChI is InChI=1S/C14H18O4/c1-8-5-10(12(15)16)6-11(9(8)2)7-14(3,4)13(17)18/h5-6H,7H2,1-4H3,(H,15,16)(H,17,18). The van der Waals surface area contributed by atoms with Gasteiger partial charge < -0.3 is 10.2 Å². The van der Waals surface area contributed by atoms with Crippen molar-refractivity contribution in [1.29, 1.82) is 0 Å². The molecule has 0 bridgehead atoms. The minimum Gasteiger partial charge on any atom is -0.481 e. The second kappa shape index (κ2) is 4.80. The number of aliphatic carboxylic acids is 1. The fraction of sp³-hybridized carbons (Fsp3) is 0.429. The van der Waals surface area contributed by atoms with Crippen LogP contribution in [0.3, 0.4) is 0 Å². The lowest BCUT2D eigenvalue weighted by atomic mass is 9.83. The third kappa shape index (κ3) is 2.88. The molecule has 0 aliphatic carbocycles. The largest absolute Gasteiger partial charge is 0.481 e. The van der Waals surface area contributed by atoms with Crippen LogP contribution >= 0.6 is 0 Å². The molecule has 0 amide bonds. The van der Waals surface area contributed by atoms with Gasteiger partial charge in [0, 0.05) is 0 Å². The summed E-state index contributed by atoms with van der Waals surface area (Å²) in [6, 6.07) is 3.17. The monoisotopic (exact) mass is 250 g/mol. The number of carboxylic acids is 2. The summed E-state index contributed by atoms with van der Waals surface area (Å²) in [5.74, 6) is -1.88. The maximum absolute atomic E-state index is 11.1. The molecule has 0 radical (unpaired) electrons. The number of aryl methyl sites for hydroxylation is 1. The smallest absolute Gasteiger partial charge is 0.335 e. The van der Waals surface area contributed by atoms with Crippen LogP contribution in [0.25, 0.3) is 0 Å². The van der Waals surface area contributed by atoms with E-state index in [1.807, 2.05) is 13.8 Å². The second-order valence-electron chi connectivity index (χ2n) is 5.25. The molecular formula is C14H18O4. The van der Waals surface area contributed by atoms with Crippen molar-refractivity contribution in [3.05, 3.63) is 34.4 Å². The Morgan fingerprint density at radius 2 is 1.72 bits per heavy atom. The van der Waals surface area contributed by atoms with Gasteiger partial charge in [-0.05, 0) is 62.9 Å². The third-order valence-corrected chi connectivity index (χ3v) is 3.23. The summed E-state index contributed by atoms with van der Waals surface area (Å²) in [5, 5.41) is 18.1. The van der Waals surface area contributed by atoms with Crippen molar-refractivity contribution in [3.63, 3.8) is 0 Å². The van der Waals surface area contributed by atoms with Crippen LogP contribution in [-0.4, -0.2) is 22.2 Å². The predicted octanol–water partition coefficient (Wildman–Crippen LogP) is 2.65. The van der Waals surface area contributed by atoms with Gasteiger partial charge in [0.25, 0.3) is 0 Å². The molecule has 98 valence electrons. The molecule has 0 heterocycles. The Morgan fingerprint density at radius 1 is 1.17 bits per heavy atom. The fourth-order valence-corrected chi connectivity index (χ4v) is 1.79. The van der Waals surface area contributed by atoms with Gasteiger partial charge in [0.05, 0.1) is 11.0 Å². The van der Waals surface area contributed by atoms with E-state index in [2.05, 4.69) is 0 Å². The SMILES string of the molecule is Cc1cc(C(=O)O)cc(CC(C)(C)C(=O)O)c1C. The molecule has 4 heteroatoms. The molecule has 0 unspecified atom stereocenters. The minimum atomic E-state index is -0.993. The summed E-state index contributed by atoms with van der Waals surface area (Å²) in [6.07, 6.45) is 0.316. The third-order valence-electron chi connectivity index (χ3n) is 3.23. The molecule has 0 aliphatic heterocycles. The van der Waals surface area contributed by atoms with E-state index in [9.17, 15) is 9.59 Å². The van der Waals surface area contributed by atoms with Crippen molar-refractivity contribution in [2.75, 3.05) is 0 Å². The highest BCUT2D eigenvalue weighted by molar-refractivity contribution is 5.88. The van der Waals surface area contributed by atoms with E-state index >= 15 is 0 Å². The Hall–Kier alpha value is -1.84. The zero-order valence-electron chi connectivity index (χ0n) is 11.1. The first-order valence-corrected chi connectivity index (χ1v) is 5.72. The quantitative estimate of drug-likeness (QED) is 0.861. The van der Waals surface area contributed by atoms with Crippen LogP contribution in [0.15, 0.2) is 12.1 Å². The van der Waals surface area contributed by atoms with Crippen molar-refractivity contribution in [1.82, 2.24) is 0 Å². The number of rotatable bonds is 4. The first-order chi connectivity index (χ1) is 8.15. The topological polar surface area (TPSA) is 74.6 Å². The van der Waals surface area contributed by atoms with Gasteiger partial charge in [-0.2, -0.15) is 0 Å². The van der Waals surface area contributed by atoms with Crippen LogP contribution in [0, 0.1) is 19.3 Å². The molecule has 1 aromatic rings. The Kier molecular flexibility index (Phi) is 3.79. The van der Waals surface area contributed by atoms with Crippen LogP contribution in [0.1, 0.15) is 40.9 Å². The number of carboxylic acid groups (broad SMARTS) is 2. The van der Waals surface area contributed by atoms with Crippen LogP contribution in [-0.2, 0) is 11.2 Å². The highest BCUT2D eigenvalue weighted by atomic mass is 16.4. The molecule has 0 atom stereocenters. The van der Waals surface area contributed by atoms with Gasteiger partial charge in [-0.15, -0.1) is 0 Å². The van der Waals surface area contributed by atoms with E-state index in [1.54, 1.807) is 26.0 Å². The van der Waals surface area contributed by atoms with Crippen LogP contribution in [0.2, 0.25) is 0 Å².